The summed E-state index contributed by atoms with van der Waals surface area (Å²) in [5.41, 5.74) is 1.04. The molecule has 5 heteroatoms. The SMILES string of the molecule is CCCC(CC)Nc1ccc([N+](=O)[O-])c2cnccc12. The van der Waals surface area contributed by atoms with Crippen molar-refractivity contribution in [3.63, 3.8) is 0 Å². The molecule has 0 aliphatic heterocycles. The van der Waals surface area contributed by atoms with Gasteiger partial charge in [-0.1, -0.05) is 20.3 Å². The van der Waals surface area contributed by atoms with Crippen LogP contribution in [0, 0.1) is 10.1 Å². The third-order valence-corrected chi connectivity index (χ3v) is 3.48. The normalized spacial score (nSPS) is 12.3. The van der Waals surface area contributed by atoms with E-state index in [0.29, 0.717) is 11.4 Å². The molecule has 0 saturated heterocycles. The molecule has 0 saturated carbocycles. The van der Waals surface area contributed by atoms with Crippen molar-refractivity contribution in [2.24, 2.45) is 0 Å². The molecule has 0 radical (unpaired) electrons. The van der Waals surface area contributed by atoms with Gasteiger partial charge < -0.3 is 5.32 Å². The zero-order valence-corrected chi connectivity index (χ0v) is 11.8. The van der Waals surface area contributed by atoms with Crippen LogP contribution in [0.3, 0.4) is 0 Å². The number of nitro benzene ring substituents is 1. The lowest BCUT2D eigenvalue weighted by Gasteiger charge is -2.18. The number of pyridine rings is 1. The fourth-order valence-corrected chi connectivity index (χ4v) is 2.41. The molecule has 0 spiro atoms. The van der Waals surface area contributed by atoms with Crippen molar-refractivity contribution in [1.82, 2.24) is 4.98 Å². The van der Waals surface area contributed by atoms with Crippen molar-refractivity contribution < 1.29 is 4.92 Å². The number of hydrogen-bond donors (Lipinski definition) is 1. The van der Waals surface area contributed by atoms with Gasteiger partial charge in [-0.3, -0.25) is 15.1 Å². The Morgan fingerprint density at radius 1 is 1.30 bits per heavy atom. The number of fused-ring (bicyclic) bond motifs is 1. The van der Waals surface area contributed by atoms with Crippen molar-refractivity contribution in [1.29, 1.82) is 0 Å². The van der Waals surface area contributed by atoms with Crippen LogP contribution in [0.4, 0.5) is 11.4 Å². The third kappa shape index (κ3) is 2.87. The number of non-ortho nitro benzene ring substituents is 1. The molecule has 1 N–H and O–H groups in total. The van der Waals surface area contributed by atoms with Gasteiger partial charge in [-0.25, -0.2) is 0 Å². The molecule has 1 unspecified atom stereocenters. The summed E-state index contributed by atoms with van der Waals surface area (Å²) in [6.07, 6.45) is 6.44. The number of nitrogens with zero attached hydrogens (tertiary/aromatic N) is 2. The fraction of sp³-hybridized carbons (Fsp3) is 0.400. The smallest absolute Gasteiger partial charge is 0.278 e. The van der Waals surface area contributed by atoms with Crippen molar-refractivity contribution >= 4 is 22.1 Å². The van der Waals surface area contributed by atoms with Gasteiger partial charge in [0.05, 0.1) is 10.3 Å². The van der Waals surface area contributed by atoms with Crippen LogP contribution < -0.4 is 5.32 Å². The van der Waals surface area contributed by atoms with Crippen LogP contribution in [0.15, 0.2) is 30.6 Å². The highest BCUT2D eigenvalue weighted by Gasteiger charge is 2.15. The Kier molecular flexibility index (Phi) is 4.50. The van der Waals surface area contributed by atoms with Gasteiger partial charge in [-0.2, -0.15) is 0 Å². The van der Waals surface area contributed by atoms with Gasteiger partial charge in [0.15, 0.2) is 0 Å². The molecule has 0 aliphatic carbocycles. The average molecular weight is 273 g/mol. The first-order valence-corrected chi connectivity index (χ1v) is 6.95. The van der Waals surface area contributed by atoms with Gasteiger partial charge in [0.1, 0.15) is 0 Å². The van der Waals surface area contributed by atoms with E-state index >= 15 is 0 Å². The first kappa shape index (κ1) is 14.2. The van der Waals surface area contributed by atoms with Gasteiger partial charge in [-0.15, -0.1) is 0 Å². The number of anilines is 1. The first-order valence-electron chi connectivity index (χ1n) is 6.95. The Balaban J connectivity index is 2.45. The van der Waals surface area contributed by atoms with Crippen LogP contribution in [0.2, 0.25) is 0 Å². The maximum absolute atomic E-state index is 11.1. The highest BCUT2D eigenvalue weighted by atomic mass is 16.6. The van der Waals surface area contributed by atoms with Crippen LogP contribution in [-0.2, 0) is 0 Å². The highest BCUT2D eigenvalue weighted by Crippen LogP contribution is 2.31. The van der Waals surface area contributed by atoms with E-state index in [0.717, 1.165) is 30.3 Å². The molecule has 0 amide bonds. The molecule has 0 aliphatic rings. The van der Waals surface area contributed by atoms with Crippen LogP contribution >= 0.6 is 0 Å². The number of nitrogens with one attached hydrogen (secondary N) is 1. The van der Waals surface area contributed by atoms with E-state index in [1.54, 1.807) is 24.5 Å². The Morgan fingerprint density at radius 2 is 2.10 bits per heavy atom. The van der Waals surface area contributed by atoms with Crippen molar-refractivity contribution in [3.05, 3.63) is 40.7 Å². The first-order chi connectivity index (χ1) is 9.67. The van der Waals surface area contributed by atoms with E-state index in [1.165, 1.54) is 0 Å². The van der Waals surface area contributed by atoms with Gasteiger partial charge >= 0.3 is 0 Å². The Hall–Kier alpha value is -2.17. The van der Waals surface area contributed by atoms with Gasteiger partial charge in [-0.05, 0) is 25.0 Å². The van der Waals surface area contributed by atoms with Gasteiger partial charge in [0.25, 0.3) is 5.69 Å². The lowest BCUT2D eigenvalue weighted by molar-refractivity contribution is -0.383. The van der Waals surface area contributed by atoms with Crippen LogP contribution in [0.1, 0.15) is 33.1 Å². The Bertz CT molecular complexity index is 613. The number of nitro groups is 1. The zero-order valence-electron chi connectivity index (χ0n) is 11.8. The predicted molar refractivity (Wildman–Crippen MR) is 81.0 cm³/mol. The number of rotatable bonds is 6. The van der Waals surface area contributed by atoms with E-state index in [-0.39, 0.29) is 10.6 Å². The largest absolute Gasteiger partial charge is 0.382 e. The second-order valence-corrected chi connectivity index (χ2v) is 4.85. The molecular weight excluding hydrogens is 254 g/mol. The molecule has 1 aromatic carbocycles. The number of benzene rings is 1. The lowest BCUT2D eigenvalue weighted by Crippen LogP contribution is -2.18. The molecule has 2 aromatic rings. The molecule has 2 rings (SSSR count). The van der Waals surface area contributed by atoms with Crippen molar-refractivity contribution in [2.45, 2.75) is 39.2 Å². The molecule has 1 atom stereocenters. The summed E-state index contributed by atoms with van der Waals surface area (Å²) in [5, 5.41) is 16.0. The summed E-state index contributed by atoms with van der Waals surface area (Å²) in [5.74, 6) is 0. The van der Waals surface area contributed by atoms with E-state index in [2.05, 4.69) is 24.1 Å². The predicted octanol–water partition coefficient (Wildman–Crippen LogP) is 4.13. The fourth-order valence-electron chi connectivity index (χ4n) is 2.41. The number of aromatic nitrogens is 1. The molecule has 5 nitrogen and oxygen atoms in total. The minimum atomic E-state index is -0.364. The summed E-state index contributed by atoms with van der Waals surface area (Å²) >= 11 is 0. The van der Waals surface area contributed by atoms with Gasteiger partial charge in [0.2, 0.25) is 0 Å². The Morgan fingerprint density at radius 3 is 2.75 bits per heavy atom. The average Bonchev–Trinajstić information content (AvgIpc) is 2.46. The zero-order chi connectivity index (χ0) is 14.5. The van der Waals surface area contributed by atoms with Crippen LogP contribution in [0.25, 0.3) is 10.8 Å². The third-order valence-electron chi connectivity index (χ3n) is 3.48. The quantitative estimate of drug-likeness (QED) is 0.634. The summed E-state index contributed by atoms with van der Waals surface area (Å²) in [7, 11) is 0. The monoisotopic (exact) mass is 273 g/mol. The second-order valence-electron chi connectivity index (χ2n) is 4.85. The summed E-state index contributed by atoms with van der Waals surface area (Å²) in [4.78, 5) is 14.7. The topological polar surface area (TPSA) is 68.1 Å². The molecule has 1 heterocycles. The van der Waals surface area contributed by atoms with E-state index in [4.69, 9.17) is 0 Å². The van der Waals surface area contributed by atoms with E-state index < -0.39 is 0 Å². The van der Waals surface area contributed by atoms with Crippen LogP contribution in [0.5, 0.6) is 0 Å². The second kappa shape index (κ2) is 6.32. The molecule has 106 valence electrons. The minimum absolute atomic E-state index is 0.0992. The maximum atomic E-state index is 11.1. The molecule has 1 aromatic heterocycles. The molecule has 0 bridgehead atoms. The molecular formula is C15H19N3O2. The summed E-state index contributed by atoms with van der Waals surface area (Å²) < 4.78 is 0. The maximum Gasteiger partial charge on any atom is 0.278 e. The minimum Gasteiger partial charge on any atom is -0.382 e. The Labute approximate surface area is 118 Å². The van der Waals surface area contributed by atoms with Crippen LogP contribution in [-0.4, -0.2) is 15.9 Å². The summed E-state index contributed by atoms with van der Waals surface area (Å²) in [6, 6.07) is 5.55. The number of hydrogen-bond acceptors (Lipinski definition) is 4. The molecule has 0 fully saturated rings. The van der Waals surface area contributed by atoms with Crippen molar-refractivity contribution in [2.75, 3.05) is 5.32 Å². The van der Waals surface area contributed by atoms with Gasteiger partial charge in [0, 0.05) is 35.6 Å². The van der Waals surface area contributed by atoms with E-state index in [9.17, 15) is 10.1 Å². The molecule has 20 heavy (non-hydrogen) atoms. The van der Waals surface area contributed by atoms with E-state index in [1.807, 2.05) is 6.07 Å². The standard InChI is InChI=1S/C15H19N3O2/c1-3-5-11(4-2)17-14-6-7-15(18(19)20)13-10-16-9-8-12(13)14/h6-11,17H,3-5H2,1-2H3. The lowest BCUT2D eigenvalue weighted by atomic mass is 10.1. The van der Waals surface area contributed by atoms with Crippen molar-refractivity contribution in [3.8, 4) is 0 Å². The summed E-state index contributed by atoms with van der Waals surface area (Å²) in [6.45, 7) is 4.30. The highest BCUT2D eigenvalue weighted by molar-refractivity contribution is 5.99.